The van der Waals surface area contributed by atoms with Crippen LogP contribution in [0.4, 0.5) is 0 Å². The second kappa shape index (κ2) is 11.0. The molecule has 0 radical (unpaired) electrons. The lowest BCUT2D eigenvalue weighted by atomic mass is 9.82. The van der Waals surface area contributed by atoms with Crippen LogP contribution >= 0.6 is 0 Å². The standard InChI is InChI=1S/C22H42N4O2/c1-22(2,3)28-20(27)13-8-6-7-9-14-24-21(23-4)25-17-15-18-11-10-12-19(16-17)26(18)5/h17-19H,6-16H2,1-5H3,(H2,23,24,25). The van der Waals surface area contributed by atoms with E-state index in [2.05, 4.69) is 27.6 Å². The van der Waals surface area contributed by atoms with Crippen LogP contribution in [0.15, 0.2) is 4.99 Å². The van der Waals surface area contributed by atoms with E-state index in [0.717, 1.165) is 50.3 Å². The van der Waals surface area contributed by atoms with Gasteiger partial charge < -0.3 is 20.3 Å². The number of nitrogens with one attached hydrogen (secondary N) is 2. The molecule has 0 aromatic heterocycles. The van der Waals surface area contributed by atoms with Gasteiger partial charge in [-0.15, -0.1) is 0 Å². The van der Waals surface area contributed by atoms with Crippen molar-refractivity contribution in [3.63, 3.8) is 0 Å². The molecule has 6 nitrogen and oxygen atoms in total. The molecule has 2 unspecified atom stereocenters. The Kier molecular flexibility index (Phi) is 9.06. The first-order valence-electron chi connectivity index (χ1n) is 11.2. The molecule has 2 fully saturated rings. The first-order valence-corrected chi connectivity index (χ1v) is 11.2. The maximum Gasteiger partial charge on any atom is 0.306 e. The third kappa shape index (κ3) is 7.98. The molecule has 28 heavy (non-hydrogen) atoms. The van der Waals surface area contributed by atoms with E-state index in [1.807, 2.05) is 27.8 Å². The van der Waals surface area contributed by atoms with Crippen molar-refractivity contribution >= 4 is 11.9 Å². The molecule has 0 aromatic rings. The van der Waals surface area contributed by atoms with Gasteiger partial charge in [-0.1, -0.05) is 19.3 Å². The van der Waals surface area contributed by atoms with E-state index < -0.39 is 0 Å². The summed E-state index contributed by atoms with van der Waals surface area (Å²) in [6.07, 6.45) is 11.2. The first kappa shape index (κ1) is 23.0. The number of aliphatic imine (C=N–C) groups is 1. The van der Waals surface area contributed by atoms with Gasteiger partial charge in [0.05, 0.1) is 0 Å². The third-order valence-electron chi connectivity index (χ3n) is 5.92. The number of esters is 1. The second-order valence-electron chi connectivity index (χ2n) is 9.47. The zero-order valence-corrected chi connectivity index (χ0v) is 18.7. The minimum atomic E-state index is -0.379. The summed E-state index contributed by atoms with van der Waals surface area (Å²) in [5, 5.41) is 7.10. The summed E-state index contributed by atoms with van der Waals surface area (Å²) < 4.78 is 5.34. The number of hydrogen-bond donors (Lipinski definition) is 2. The normalized spacial score (nSPS) is 26.0. The number of rotatable bonds is 8. The summed E-state index contributed by atoms with van der Waals surface area (Å²) in [6.45, 7) is 6.66. The number of carbonyl (C=O) groups excluding carboxylic acids is 1. The van der Waals surface area contributed by atoms with E-state index >= 15 is 0 Å². The Bertz CT molecular complexity index is 501. The molecule has 0 aliphatic carbocycles. The van der Waals surface area contributed by atoms with Crippen LogP contribution in [0.3, 0.4) is 0 Å². The third-order valence-corrected chi connectivity index (χ3v) is 5.92. The maximum atomic E-state index is 11.7. The molecule has 2 aliphatic heterocycles. The van der Waals surface area contributed by atoms with E-state index in [1.165, 1.54) is 32.1 Å². The average Bonchev–Trinajstić information content (AvgIpc) is 2.59. The van der Waals surface area contributed by atoms with Crippen LogP contribution in [0.1, 0.15) is 85.0 Å². The van der Waals surface area contributed by atoms with Crippen molar-refractivity contribution < 1.29 is 9.53 Å². The van der Waals surface area contributed by atoms with Crippen molar-refractivity contribution in [2.24, 2.45) is 4.99 Å². The van der Waals surface area contributed by atoms with Crippen LogP contribution in [0.25, 0.3) is 0 Å². The van der Waals surface area contributed by atoms with E-state index in [1.54, 1.807) is 0 Å². The van der Waals surface area contributed by atoms with E-state index in [-0.39, 0.29) is 11.6 Å². The Balaban J connectivity index is 1.55. The highest BCUT2D eigenvalue weighted by Gasteiger charge is 2.36. The van der Waals surface area contributed by atoms with Crippen LogP contribution in [-0.4, -0.2) is 61.2 Å². The number of carbonyl (C=O) groups is 1. The molecule has 2 rings (SSSR count). The minimum absolute atomic E-state index is 0.0851. The fourth-order valence-electron chi connectivity index (χ4n) is 4.47. The minimum Gasteiger partial charge on any atom is -0.460 e. The maximum absolute atomic E-state index is 11.7. The zero-order valence-electron chi connectivity index (χ0n) is 18.7. The molecule has 2 aliphatic rings. The predicted molar refractivity (Wildman–Crippen MR) is 116 cm³/mol. The summed E-state index contributed by atoms with van der Waals surface area (Å²) in [7, 11) is 4.15. The SMILES string of the molecule is CN=C(NCCCCCCC(=O)OC(C)(C)C)NC1CC2CCCC(C1)N2C. The number of unbranched alkanes of at least 4 members (excludes halogenated alkanes) is 3. The Labute approximate surface area is 171 Å². The zero-order chi connectivity index (χ0) is 20.6. The molecule has 2 atom stereocenters. The number of nitrogens with zero attached hydrogens (tertiary/aromatic N) is 2. The van der Waals surface area contributed by atoms with Gasteiger partial charge in [0, 0.05) is 38.1 Å². The molecule has 6 heteroatoms. The van der Waals surface area contributed by atoms with Gasteiger partial charge in [0.2, 0.25) is 0 Å². The summed E-state index contributed by atoms with van der Waals surface area (Å²) in [5.41, 5.74) is -0.379. The number of fused-ring (bicyclic) bond motifs is 2. The quantitative estimate of drug-likeness (QED) is 0.286. The van der Waals surface area contributed by atoms with Gasteiger partial charge in [0.25, 0.3) is 0 Å². The highest BCUT2D eigenvalue weighted by molar-refractivity contribution is 5.79. The molecular formula is C22H42N4O2. The summed E-state index contributed by atoms with van der Waals surface area (Å²) >= 11 is 0. The van der Waals surface area contributed by atoms with Gasteiger partial charge in [-0.25, -0.2) is 0 Å². The molecular weight excluding hydrogens is 352 g/mol. The van der Waals surface area contributed by atoms with Crippen molar-refractivity contribution in [3.05, 3.63) is 0 Å². The smallest absolute Gasteiger partial charge is 0.306 e. The fraction of sp³-hybridized carbons (Fsp3) is 0.909. The monoisotopic (exact) mass is 394 g/mol. The highest BCUT2D eigenvalue weighted by Crippen LogP contribution is 2.32. The van der Waals surface area contributed by atoms with E-state index in [9.17, 15) is 4.79 Å². The fourth-order valence-corrected chi connectivity index (χ4v) is 4.47. The van der Waals surface area contributed by atoms with Crippen LogP contribution < -0.4 is 10.6 Å². The van der Waals surface area contributed by atoms with Gasteiger partial charge in [0.1, 0.15) is 5.60 Å². The second-order valence-corrected chi connectivity index (χ2v) is 9.47. The molecule has 0 spiro atoms. The van der Waals surface area contributed by atoms with E-state index in [4.69, 9.17) is 4.74 Å². The van der Waals surface area contributed by atoms with Crippen molar-refractivity contribution in [2.75, 3.05) is 20.6 Å². The summed E-state index contributed by atoms with van der Waals surface area (Å²) in [4.78, 5) is 18.7. The first-order chi connectivity index (χ1) is 13.3. The Morgan fingerprint density at radius 3 is 2.36 bits per heavy atom. The number of hydrogen-bond acceptors (Lipinski definition) is 4. The molecule has 0 saturated carbocycles. The lowest BCUT2D eigenvalue weighted by molar-refractivity contribution is -0.154. The van der Waals surface area contributed by atoms with Crippen molar-refractivity contribution in [1.29, 1.82) is 0 Å². The Morgan fingerprint density at radius 1 is 1.11 bits per heavy atom. The molecule has 0 aromatic carbocycles. The number of ether oxygens (including phenoxy) is 1. The molecule has 2 saturated heterocycles. The van der Waals surface area contributed by atoms with Gasteiger partial charge in [-0.05, 0) is 66.3 Å². The van der Waals surface area contributed by atoms with Crippen molar-refractivity contribution in [3.8, 4) is 0 Å². The van der Waals surface area contributed by atoms with E-state index in [0.29, 0.717) is 12.5 Å². The van der Waals surface area contributed by atoms with Gasteiger partial charge in [-0.2, -0.15) is 0 Å². The number of guanidine groups is 1. The van der Waals surface area contributed by atoms with Gasteiger partial charge in [0.15, 0.2) is 5.96 Å². The molecule has 2 N–H and O–H groups in total. The van der Waals surface area contributed by atoms with Crippen LogP contribution in [-0.2, 0) is 9.53 Å². The summed E-state index contributed by atoms with van der Waals surface area (Å²) in [5.74, 6) is 0.847. The average molecular weight is 395 g/mol. The van der Waals surface area contributed by atoms with Crippen LogP contribution in [0.5, 0.6) is 0 Å². The number of piperidine rings is 2. The molecule has 0 amide bonds. The summed E-state index contributed by atoms with van der Waals surface area (Å²) in [6, 6.07) is 1.99. The Hall–Kier alpha value is -1.30. The van der Waals surface area contributed by atoms with Crippen molar-refractivity contribution in [1.82, 2.24) is 15.5 Å². The predicted octanol–water partition coefficient (Wildman–Crippen LogP) is 3.46. The topological polar surface area (TPSA) is 66.0 Å². The van der Waals surface area contributed by atoms with Crippen LogP contribution in [0, 0.1) is 0 Å². The van der Waals surface area contributed by atoms with Gasteiger partial charge >= 0.3 is 5.97 Å². The lowest BCUT2D eigenvalue weighted by Crippen LogP contribution is -2.56. The van der Waals surface area contributed by atoms with Crippen molar-refractivity contribution in [2.45, 2.75) is 109 Å². The van der Waals surface area contributed by atoms with Gasteiger partial charge in [-0.3, -0.25) is 9.79 Å². The Morgan fingerprint density at radius 2 is 1.75 bits per heavy atom. The molecule has 162 valence electrons. The molecule has 2 heterocycles. The largest absolute Gasteiger partial charge is 0.460 e. The molecule has 2 bridgehead atoms. The van der Waals surface area contributed by atoms with Crippen LogP contribution in [0.2, 0.25) is 0 Å². The highest BCUT2D eigenvalue weighted by atomic mass is 16.6. The lowest BCUT2D eigenvalue weighted by Gasteiger charge is -2.47.